The molecule has 9 nitrogen and oxygen atoms in total. The zero-order valence-electron chi connectivity index (χ0n) is 20.1. The summed E-state index contributed by atoms with van der Waals surface area (Å²) in [4.78, 5) is 52.7. The lowest BCUT2D eigenvalue weighted by molar-refractivity contribution is -0.132. The third kappa shape index (κ3) is 4.72. The molecule has 0 spiro atoms. The first-order valence-corrected chi connectivity index (χ1v) is 12.5. The quantitative estimate of drug-likeness (QED) is 0.450. The van der Waals surface area contributed by atoms with Crippen LogP contribution in [0.15, 0.2) is 59.8 Å². The molecule has 1 saturated heterocycles. The molecule has 5 rings (SSSR count). The number of amides is 2. The summed E-state index contributed by atoms with van der Waals surface area (Å²) in [6.45, 7) is 6.10. The topological polar surface area (TPSA) is 100 Å². The third-order valence-electron chi connectivity index (χ3n) is 6.34. The van der Waals surface area contributed by atoms with Gasteiger partial charge in [0, 0.05) is 38.1 Å². The molecule has 0 atom stereocenters. The molecule has 0 aliphatic carbocycles. The van der Waals surface area contributed by atoms with Crippen molar-refractivity contribution in [3.8, 4) is 0 Å². The standard InChI is InChI=1S/C26H26N6O3S/c1-17-6-8-19(9-7-17)29-24(34)23-18(2)22-25(36-23)28-16-32(26(22)35)15-21(33)31-13-11-30(12-14-31)20-5-3-4-10-27-20/h3-10,16H,11-15H2,1-2H3,(H,29,34). The molecule has 0 radical (unpaired) electrons. The summed E-state index contributed by atoms with van der Waals surface area (Å²) >= 11 is 1.18. The van der Waals surface area contributed by atoms with E-state index in [4.69, 9.17) is 0 Å². The molecule has 184 valence electrons. The number of nitrogens with zero attached hydrogens (tertiary/aromatic N) is 5. The summed E-state index contributed by atoms with van der Waals surface area (Å²) in [6, 6.07) is 13.3. The number of carbonyl (C=O) groups excluding carboxylic acids is 2. The first kappa shape index (κ1) is 23.7. The Morgan fingerprint density at radius 2 is 1.75 bits per heavy atom. The van der Waals surface area contributed by atoms with Gasteiger partial charge in [-0.2, -0.15) is 0 Å². The van der Waals surface area contributed by atoms with Crippen molar-refractivity contribution in [2.75, 3.05) is 36.4 Å². The molecule has 3 aromatic heterocycles. The number of thiophene rings is 1. The van der Waals surface area contributed by atoms with Gasteiger partial charge in [-0.05, 0) is 43.7 Å². The van der Waals surface area contributed by atoms with E-state index in [1.165, 1.54) is 22.2 Å². The molecule has 36 heavy (non-hydrogen) atoms. The van der Waals surface area contributed by atoms with E-state index in [0.717, 1.165) is 11.4 Å². The fourth-order valence-corrected chi connectivity index (χ4v) is 5.32. The Bertz CT molecular complexity index is 1470. The number of hydrogen-bond donors (Lipinski definition) is 1. The maximum absolute atomic E-state index is 13.2. The second kappa shape index (κ2) is 9.90. The number of carbonyl (C=O) groups is 2. The highest BCUT2D eigenvalue weighted by Crippen LogP contribution is 2.27. The summed E-state index contributed by atoms with van der Waals surface area (Å²) in [7, 11) is 0. The minimum absolute atomic E-state index is 0.0917. The molecular formula is C26H26N6O3S. The van der Waals surface area contributed by atoms with Gasteiger partial charge in [-0.15, -0.1) is 11.3 Å². The van der Waals surface area contributed by atoms with Crippen LogP contribution in [0.2, 0.25) is 0 Å². The molecule has 2 amide bonds. The van der Waals surface area contributed by atoms with Gasteiger partial charge >= 0.3 is 0 Å². The van der Waals surface area contributed by atoms with Gasteiger partial charge in [0.15, 0.2) is 0 Å². The van der Waals surface area contributed by atoms with E-state index in [1.54, 1.807) is 18.0 Å². The van der Waals surface area contributed by atoms with E-state index in [0.29, 0.717) is 52.5 Å². The van der Waals surface area contributed by atoms with E-state index in [2.05, 4.69) is 20.2 Å². The van der Waals surface area contributed by atoms with Crippen LogP contribution in [0.1, 0.15) is 20.8 Å². The molecule has 1 aromatic carbocycles. The highest BCUT2D eigenvalue weighted by molar-refractivity contribution is 7.20. The second-order valence-electron chi connectivity index (χ2n) is 8.79. The van der Waals surface area contributed by atoms with Crippen LogP contribution < -0.4 is 15.8 Å². The minimum atomic E-state index is -0.316. The van der Waals surface area contributed by atoms with Gasteiger partial charge in [-0.1, -0.05) is 23.8 Å². The van der Waals surface area contributed by atoms with Gasteiger partial charge in [-0.3, -0.25) is 19.0 Å². The van der Waals surface area contributed by atoms with Crippen molar-refractivity contribution in [2.24, 2.45) is 0 Å². The number of hydrogen-bond acceptors (Lipinski definition) is 7. The van der Waals surface area contributed by atoms with E-state index in [1.807, 2.05) is 49.4 Å². The zero-order chi connectivity index (χ0) is 25.2. The van der Waals surface area contributed by atoms with Crippen LogP contribution in [0.5, 0.6) is 0 Å². The molecular weight excluding hydrogens is 476 g/mol. The lowest BCUT2D eigenvalue weighted by atomic mass is 10.2. The van der Waals surface area contributed by atoms with Crippen LogP contribution in [0.25, 0.3) is 10.2 Å². The summed E-state index contributed by atoms with van der Waals surface area (Å²) < 4.78 is 1.33. The summed E-state index contributed by atoms with van der Waals surface area (Å²) in [5.41, 5.74) is 2.04. The van der Waals surface area contributed by atoms with Crippen molar-refractivity contribution in [1.29, 1.82) is 0 Å². The summed E-state index contributed by atoms with van der Waals surface area (Å²) in [5.74, 6) is 0.474. The Kier molecular flexibility index (Phi) is 6.51. The van der Waals surface area contributed by atoms with Crippen molar-refractivity contribution < 1.29 is 9.59 Å². The molecule has 1 aliphatic rings. The Morgan fingerprint density at radius 3 is 2.44 bits per heavy atom. The van der Waals surface area contributed by atoms with Gasteiger partial charge in [0.05, 0.1) is 16.6 Å². The number of pyridine rings is 1. The predicted molar refractivity (Wildman–Crippen MR) is 141 cm³/mol. The van der Waals surface area contributed by atoms with Crippen LogP contribution in [-0.4, -0.2) is 57.4 Å². The number of piperazine rings is 1. The summed E-state index contributed by atoms with van der Waals surface area (Å²) in [5, 5.41) is 3.26. The number of nitrogens with one attached hydrogen (secondary N) is 1. The Balaban J connectivity index is 1.29. The first-order valence-electron chi connectivity index (χ1n) is 11.7. The number of benzene rings is 1. The Labute approximate surface area is 212 Å². The number of aryl methyl sites for hydroxylation is 2. The number of fused-ring (bicyclic) bond motifs is 1. The molecule has 10 heteroatoms. The second-order valence-corrected chi connectivity index (χ2v) is 9.79. The van der Waals surface area contributed by atoms with Crippen LogP contribution in [0.3, 0.4) is 0 Å². The van der Waals surface area contributed by atoms with Crippen molar-refractivity contribution in [2.45, 2.75) is 20.4 Å². The van der Waals surface area contributed by atoms with E-state index >= 15 is 0 Å². The SMILES string of the molecule is Cc1ccc(NC(=O)c2sc3ncn(CC(=O)N4CCN(c5ccccn5)CC4)c(=O)c3c2C)cc1. The zero-order valence-corrected chi connectivity index (χ0v) is 20.9. The molecule has 1 aliphatic heterocycles. The van der Waals surface area contributed by atoms with Crippen molar-refractivity contribution in [3.63, 3.8) is 0 Å². The smallest absolute Gasteiger partial charge is 0.266 e. The highest BCUT2D eigenvalue weighted by atomic mass is 32.1. The van der Waals surface area contributed by atoms with E-state index in [9.17, 15) is 14.4 Å². The minimum Gasteiger partial charge on any atom is -0.353 e. The lowest BCUT2D eigenvalue weighted by Crippen LogP contribution is -2.50. The van der Waals surface area contributed by atoms with Gasteiger partial charge in [-0.25, -0.2) is 9.97 Å². The third-order valence-corrected chi connectivity index (χ3v) is 7.54. The predicted octanol–water partition coefficient (Wildman–Crippen LogP) is 3.07. The lowest BCUT2D eigenvalue weighted by Gasteiger charge is -2.35. The van der Waals surface area contributed by atoms with Crippen LogP contribution in [0, 0.1) is 13.8 Å². The van der Waals surface area contributed by atoms with Crippen molar-refractivity contribution in [1.82, 2.24) is 19.4 Å². The Morgan fingerprint density at radius 1 is 1.00 bits per heavy atom. The monoisotopic (exact) mass is 502 g/mol. The average Bonchev–Trinajstić information content (AvgIpc) is 3.24. The molecule has 0 bridgehead atoms. The molecule has 1 N–H and O–H groups in total. The van der Waals surface area contributed by atoms with Crippen molar-refractivity contribution in [3.05, 3.63) is 81.3 Å². The van der Waals surface area contributed by atoms with Gasteiger partial charge in [0.1, 0.15) is 17.2 Å². The first-order chi connectivity index (χ1) is 17.4. The Hall–Kier alpha value is -4.05. The molecule has 1 fully saturated rings. The fraction of sp³-hybridized carbons (Fsp3) is 0.269. The number of rotatable bonds is 5. The van der Waals surface area contributed by atoms with Crippen molar-refractivity contribution >= 4 is 44.9 Å². The van der Waals surface area contributed by atoms with Gasteiger partial charge in [0.25, 0.3) is 11.5 Å². The van der Waals surface area contributed by atoms with Crippen LogP contribution in [0.4, 0.5) is 11.5 Å². The fourth-order valence-electron chi connectivity index (χ4n) is 4.28. The summed E-state index contributed by atoms with van der Waals surface area (Å²) in [6.07, 6.45) is 3.15. The molecule has 0 unspecified atom stereocenters. The van der Waals surface area contributed by atoms with E-state index in [-0.39, 0.29) is 23.9 Å². The molecule has 4 heterocycles. The number of anilines is 2. The van der Waals surface area contributed by atoms with Gasteiger partial charge < -0.3 is 15.1 Å². The average molecular weight is 503 g/mol. The van der Waals surface area contributed by atoms with Crippen LogP contribution in [-0.2, 0) is 11.3 Å². The maximum atomic E-state index is 13.2. The maximum Gasteiger partial charge on any atom is 0.266 e. The highest BCUT2D eigenvalue weighted by Gasteiger charge is 2.24. The normalized spacial score (nSPS) is 13.7. The largest absolute Gasteiger partial charge is 0.353 e. The molecule has 4 aromatic rings. The van der Waals surface area contributed by atoms with Crippen LogP contribution >= 0.6 is 11.3 Å². The number of aromatic nitrogens is 3. The van der Waals surface area contributed by atoms with Gasteiger partial charge in [0.2, 0.25) is 5.91 Å². The van der Waals surface area contributed by atoms with E-state index < -0.39 is 0 Å². The molecule has 0 saturated carbocycles.